The number of benzene rings is 1. The fraction of sp³-hybridized carbons (Fsp3) is 0.353. The fourth-order valence-electron chi connectivity index (χ4n) is 2.87. The van der Waals surface area contributed by atoms with Gasteiger partial charge in [0.05, 0.1) is 19.4 Å². The minimum Gasteiger partial charge on any atom is -0.497 e. The van der Waals surface area contributed by atoms with Gasteiger partial charge in [-0.05, 0) is 24.6 Å². The monoisotopic (exact) mass is 346 g/mol. The number of likely N-dealkylation sites (N-methyl/N-ethyl adjacent to an activating group) is 1. The molecule has 0 radical (unpaired) electrons. The molecule has 1 N–H and O–H groups in total. The molecular weight excluding hydrogens is 328 g/mol. The lowest BCUT2D eigenvalue weighted by Crippen LogP contribution is -2.50. The van der Waals surface area contributed by atoms with Gasteiger partial charge in [0.15, 0.2) is 5.94 Å². The minimum atomic E-state index is -0.147. The molecule has 1 aromatic carbocycles. The van der Waals surface area contributed by atoms with Crippen molar-refractivity contribution in [1.29, 1.82) is 0 Å². The molecule has 0 aliphatic carbocycles. The van der Waals surface area contributed by atoms with E-state index in [1.54, 1.807) is 7.11 Å². The van der Waals surface area contributed by atoms with Crippen LogP contribution in [0, 0.1) is 0 Å². The molecule has 2 aliphatic rings. The Balaban J connectivity index is 1.94. The van der Waals surface area contributed by atoms with Crippen molar-refractivity contribution < 1.29 is 9.53 Å². The van der Waals surface area contributed by atoms with Crippen molar-refractivity contribution in [1.82, 2.24) is 15.1 Å². The van der Waals surface area contributed by atoms with Crippen LogP contribution in [0.2, 0.25) is 0 Å². The van der Waals surface area contributed by atoms with Crippen LogP contribution in [0.15, 0.2) is 45.7 Å². The maximum Gasteiger partial charge on any atom is 0.151 e. The standard InChI is InChI=1S/C17H19ClN4O2/c1-11-19-16(18)15-14(9-23)21(2)10-22(17(15)20-11)8-12-4-6-13(24-3)7-5-12/h4-7,11,19H,8,10H2,1-3H3. The molecule has 0 amide bonds. The first-order chi connectivity index (χ1) is 11.5. The van der Waals surface area contributed by atoms with Crippen molar-refractivity contribution in [2.24, 2.45) is 4.99 Å². The second-order valence-corrected chi connectivity index (χ2v) is 6.18. The van der Waals surface area contributed by atoms with Crippen molar-refractivity contribution in [3.63, 3.8) is 0 Å². The fourth-order valence-corrected chi connectivity index (χ4v) is 3.21. The Morgan fingerprint density at radius 3 is 2.75 bits per heavy atom. The lowest BCUT2D eigenvalue weighted by Gasteiger charge is -2.41. The average Bonchev–Trinajstić information content (AvgIpc) is 2.56. The molecule has 0 saturated carbocycles. The molecule has 1 unspecified atom stereocenters. The van der Waals surface area contributed by atoms with Gasteiger partial charge < -0.3 is 19.9 Å². The third-order valence-corrected chi connectivity index (χ3v) is 4.32. The molecule has 1 saturated heterocycles. The molecule has 2 heterocycles. The van der Waals surface area contributed by atoms with Gasteiger partial charge in [-0.25, -0.2) is 9.79 Å². The van der Waals surface area contributed by atoms with E-state index in [4.69, 9.17) is 16.3 Å². The van der Waals surface area contributed by atoms with Gasteiger partial charge in [-0.15, -0.1) is 0 Å². The molecule has 3 rings (SSSR count). The maximum atomic E-state index is 11.4. The van der Waals surface area contributed by atoms with E-state index in [1.807, 2.05) is 49.1 Å². The minimum absolute atomic E-state index is 0.147. The van der Waals surface area contributed by atoms with Gasteiger partial charge in [-0.3, -0.25) is 0 Å². The van der Waals surface area contributed by atoms with Crippen LogP contribution in [0.1, 0.15) is 12.5 Å². The molecule has 2 aliphatic heterocycles. The third kappa shape index (κ3) is 2.98. The number of methoxy groups -OCH3 is 1. The maximum absolute atomic E-state index is 11.4. The van der Waals surface area contributed by atoms with E-state index >= 15 is 0 Å². The summed E-state index contributed by atoms with van der Waals surface area (Å²) >= 11 is 6.35. The largest absolute Gasteiger partial charge is 0.497 e. The molecule has 24 heavy (non-hydrogen) atoms. The molecule has 0 bridgehead atoms. The smallest absolute Gasteiger partial charge is 0.151 e. The average molecular weight is 347 g/mol. The highest BCUT2D eigenvalue weighted by Crippen LogP contribution is 2.30. The summed E-state index contributed by atoms with van der Waals surface area (Å²) in [5.74, 6) is 3.52. The van der Waals surface area contributed by atoms with E-state index in [9.17, 15) is 4.79 Å². The summed E-state index contributed by atoms with van der Waals surface area (Å²) in [4.78, 5) is 19.9. The van der Waals surface area contributed by atoms with Crippen molar-refractivity contribution in [2.75, 3.05) is 20.8 Å². The first-order valence-corrected chi connectivity index (χ1v) is 8.00. The summed E-state index contributed by atoms with van der Waals surface area (Å²) in [5, 5.41) is 3.48. The predicted molar refractivity (Wildman–Crippen MR) is 93.3 cm³/mol. The summed E-state index contributed by atoms with van der Waals surface area (Å²) in [6.45, 7) is 3.11. The molecule has 7 heteroatoms. The van der Waals surface area contributed by atoms with Gasteiger partial charge in [0.25, 0.3) is 0 Å². The second kappa shape index (κ2) is 6.59. The number of fused-ring (bicyclic) bond motifs is 1. The molecular formula is C17H19ClN4O2. The van der Waals surface area contributed by atoms with Gasteiger partial charge in [-0.1, -0.05) is 23.7 Å². The molecule has 0 aromatic heterocycles. The summed E-state index contributed by atoms with van der Waals surface area (Å²) in [6, 6.07) is 7.88. The van der Waals surface area contributed by atoms with Gasteiger partial charge in [0, 0.05) is 13.6 Å². The van der Waals surface area contributed by atoms with Crippen LogP contribution in [0.3, 0.4) is 0 Å². The Morgan fingerprint density at radius 2 is 2.12 bits per heavy atom. The van der Waals surface area contributed by atoms with E-state index in [2.05, 4.69) is 15.2 Å². The first kappa shape index (κ1) is 16.4. The van der Waals surface area contributed by atoms with E-state index in [0.29, 0.717) is 29.6 Å². The van der Waals surface area contributed by atoms with Crippen molar-refractivity contribution >= 4 is 23.4 Å². The summed E-state index contributed by atoms with van der Waals surface area (Å²) in [5.41, 5.74) is 2.14. The predicted octanol–water partition coefficient (Wildman–Crippen LogP) is 1.91. The zero-order valence-electron chi connectivity index (χ0n) is 13.8. The number of halogens is 1. The quantitative estimate of drug-likeness (QED) is 0.669. The van der Waals surface area contributed by atoms with Crippen LogP contribution >= 0.6 is 11.6 Å². The lowest BCUT2D eigenvalue weighted by molar-refractivity contribution is 0.244. The van der Waals surface area contributed by atoms with Crippen LogP contribution < -0.4 is 10.1 Å². The number of aliphatic imine (C=N–C) groups is 1. The summed E-state index contributed by atoms with van der Waals surface area (Å²) in [6.07, 6.45) is -0.147. The van der Waals surface area contributed by atoms with E-state index in [0.717, 1.165) is 17.1 Å². The summed E-state index contributed by atoms with van der Waals surface area (Å²) in [7, 11) is 3.49. The van der Waals surface area contributed by atoms with Crippen LogP contribution in [0.25, 0.3) is 0 Å². The SMILES string of the molecule is COc1ccc(CN2CN(C)C(=C=O)C3=C(Cl)NC(C)N=C32)cc1. The molecule has 1 aromatic rings. The number of ether oxygens (including phenoxy) is 1. The van der Waals surface area contributed by atoms with Crippen molar-refractivity contribution in [3.8, 4) is 5.75 Å². The van der Waals surface area contributed by atoms with Gasteiger partial charge in [-0.2, -0.15) is 0 Å². The van der Waals surface area contributed by atoms with Crippen LogP contribution in [0.5, 0.6) is 5.75 Å². The van der Waals surface area contributed by atoms with E-state index in [-0.39, 0.29) is 6.17 Å². The van der Waals surface area contributed by atoms with Crippen LogP contribution in [0.4, 0.5) is 0 Å². The molecule has 0 spiro atoms. The molecule has 6 nitrogen and oxygen atoms in total. The highest BCUT2D eigenvalue weighted by Gasteiger charge is 2.34. The first-order valence-electron chi connectivity index (χ1n) is 7.62. The van der Waals surface area contributed by atoms with Gasteiger partial charge >= 0.3 is 0 Å². The molecule has 1 atom stereocenters. The Morgan fingerprint density at radius 1 is 1.42 bits per heavy atom. The number of carbonyl (C=O) groups excluding carboxylic acids is 1. The lowest BCUT2D eigenvalue weighted by atomic mass is 10.1. The Hall–Kier alpha value is -2.43. The number of nitrogens with one attached hydrogen (secondary N) is 1. The van der Waals surface area contributed by atoms with Crippen LogP contribution in [-0.4, -0.2) is 48.6 Å². The van der Waals surface area contributed by atoms with E-state index in [1.165, 1.54) is 0 Å². The van der Waals surface area contributed by atoms with E-state index < -0.39 is 0 Å². The van der Waals surface area contributed by atoms with Crippen molar-refractivity contribution in [2.45, 2.75) is 19.6 Å². The molecule has 126 valence electrons. The number of amidine groups is 1. The summed E-state index contributed by atoms with van der Waals surface area (Å²) < 4.78 is 5.19. The highest BCUT2D eigenvalue weighted by molar-refractivity contribution is 6.33. The zero-order chi connectivity index (χ0) is 17.3. The van der Waals surface area contributed by atoms with Crippen LogP contribution in [-0.2, 0) is 11.3 Å². The number of rotatable bonds is 3. The molecule has 1 fully saturated rings. The Labute approximate surface area is 146 Å². The Bertz CT molecular complexity index is 750. The van der Waals surface area contributed by atoms with Gasteiger partial charge in [0.1, 0.15) is 28.6 Å². The highest BCUT2D eigenvalue weighted by atomic mass is 35.5. The third-order valence-electron chi connectivity index (χ3n) is 4.02. The number of hydrogen-bond donors (Lipinski definition) is 1. The zero-order valence-corrected chi connectivity index (χ0v) is 14.6. The number of nitrogens with zero attached hydrogens (tertiary/aromatic N) is 3. The topological polar surface area (TPSA) is 57.2 Å². The second-order valence-electron chi connectivity index (χ2n) is 5.80. The Kier molecular flexibility index (Phi) is 4.51. The normalized spacial score (nSPS) is 20.2. The van der Waals surface area contributed by atoms with Crippen molar-refractivity contribution in [3.05, 3.63) is 46.3 Å². The van der Waals surface area contributed by atoms with Gasteiger partial charge in [0.2, 0.25) is 0 Å². The number of hydrogen-bond acceptors (Lipinski definition) is 6.